The fourth-order valence-electron chi connectivity index (χ4n) is 4.06. The number of rotatable bonds is 7. The average Bonchev–Trinajstić information content (AvgIpc) is 3.49. The van der Waals surface area contributed by atoms with Gasteiger partial charge in [0.2, 0.25) is 11.9 Å². The molecule has 4 aromatic rings. The second kappa shape index (κ2) is 8.47. The fourth-order valence-corrected chi connectivity index (χ4v) is 4.18. The van der Waals surface area contributed by atoms with Gasteiger partial charge in [0, 0.05) is 36.2 Å². The first-order chi connectivity index (χ1) is 15.6. The number of benzene rings is 2. The number of hydrogen-bond acceptors (Lipinski definition) is 4. The van der Waals surface area contributed by atoms with Crippen LogP contribution in [0, 0.1) is 0 Å². The van der Waals surface area contributed by atoms with E-state index in [4.69, 9.17) is 16.6 Å². The molecule has 162 valence electrons. The molecule has 0 radical (unpaired) electrons. The molecule has 0 bridgehead atoms. The van der Waals surface area contributed by atoms with E-state index in [9.17, 15) is 9.59 Å². The van der Waals surface area contributed by atoms with Crippen LogP contribution in [0.1, 0.15) is 18.9 Å². The highest BCUT2D eigenvalue weighted by Gasteiger charge is 2.40. The van der Waals surface area contributed by atoms with E-state index in [1.54, 1.807) is 41.7 Å². The maximum Gasteiger partial charge on any atom is 0.253 e. The van der Waals surface area contributed by atoms with Crippen molar-refractivity contribution in [3.8, 4) is 0 Å². The van der Waals surface area contributed by atoms with Crippen LogP contribution in [-0.2, 0) is 16.1 Å². The highest BCUT2D eigenvalue weighted by atomic mass is 35.5. The summed E-state index contributed by atoms with van der Waals surface area (Å²) in [6, 6.07) is 13.9. The smallest absolute Gasteiger partial charge is 0.253 e. The topological polar surface area (TPSA) is 85.1 Å². The summed E-state index contributed by atoms with van der Waals surface area (Å²) in [5.74, 6) is 0.232. The minimum atomic E-state index is -0.641. The molecule has 2 aromatic carbocycles. The number of hydrogen-bond donors (Lipinski definition) is 1. The fraction of sp³-hybridized carbons (Fsp3) is 0.217. The summed E-state index contributed by atoms with van der Waals surface area (Å²) in [7, 11) is 0. The molecule has 3 heterocycles. The minimum absolute atomic E-state index is 0.0207. The summed E-state index contributed by atoms with van der Waals surface area (Å²) < 4.78 is 3.86. The van der Waals surface area contributed by atoms with Crippen LogP contribution in [0.5, 0.6) is 0 Å². The van der Waals surface area contributed by atoms with E-state index in [2.05, 4.69) is 10.3 Å². The van der Waals surface area contributed by atoms with Gasteiger partial charge in [-0.25, -0.2) is 9.97 Å². The van der Waals surface area contributed by atoms with Gasteiger partial charge in [-0.2, -0.15) is 0 Å². The number of fused-ring (bicyclic) bond motifs is 3. The highest BCUT2D eigenvalue weighted by Crippen LogP contribution is 2.36. The largest absolute Gasteiger partial charge is 0.337 e. The summed E-state index contributed by atoms with van der Waals surface area (Å²) in [4.78, 5) is 36.6. The van der Waals surface area contributed by atoms with Crippen molar-refractivity contribution in [2.45, 2.75) is 25.4 Å². The van der Waals surface area contributed by atoms with Crippen molar-refractivity contribution in [1.29, 1.82) is 0 Å². The number of amides is 2. The maximum atomic E-state index is 13.3. The molecule has 1 aliphatic heterocycles. The lowest BCUT2D eigenvalue weighted by molar-refractivity contribution is -0.124. The molecule has 1 N–H and O–H groups in total. The summed E-state index contributed by atoms with van der Waals surface area (Å²) in [5, 5.41) is 3.44. The van der Waals surface area contributed by atoms with Gasteiger partial charge in [-0.05, 0) is 42.8 Å². The standard InChI is InChI=1S/C23H21ClN6O2/c24-16-6-8-17(9-7-16)26-21(31)14-20-22(32)29(12-3-11-28-13-10-25-15-28)23-27-18-4-1-2-5-19(18)30(20)23/h1-2,4-10,13,15,20H,3,11-12,14H2,(H,26,31)/t20-/m0/s1. The van der Waals surface area contributed by atoms with Gasteiger partial charge in [0.25, 0.3) is 5.91 Å². The van der Waals surface area contributed by atoms with E-state index in [1.807, 2.05) is 39.6 Å². The first-order valence-corrected chi connectivity index (χ1v) is 10.8. The molecule has 5 rings (SSSR count). The van der Waals surface area contributed by atoms with Crippen LogP contribution in [0.25, 0.3) is 11.0 Å². The van der Waals surface area contributed by atoms with Gasteiger partial charge in [0.15, 0.2) is 0 Å². The molecule has 9 heteroatoms. The van der Waals surface area contributed by atoms with Crippen molar-refractivity contribution < 1.29 is 9.59 Å². The monoisotopic (exact) mass is 448 g/mol. The molecule has 1 atom stereocenters. The van der Waals surface area contributed by atoms with Crippen LogP contribution >= 0.6 is 11.6 Å². The van der Waals surface area contributed by atoms with Gasteiger partial charge in [0.1, 0.15) is 6.04 Å². The quantitative estimate of drug-likeness (QED) is 0.464. The van der Waals surface area contributed by atoms with Crippen molar-refractivity contribution in [3.05, 3.63) is 72.3 Å². The van der Waals surface area contributed by atoms with E-state index in [1.165, 1.54) is 0 Å². The molecular formula is C23H21ClN6O2. The number of anilines is 2. The average molecular weight is 449 g/mol. The Kier molecular flexibility index (Phi) is 5.36. The van der Waals surface area contributed by atoms with E-state index in [-0.39, 0.29) is 18.2 Å². The van der Waals surface area contributed by atoms with E-state index in [0.717, 1.165) is 24.0 Å². The van der Waals surface area contributed by atoms with Crippen LogP contribution in [-0.4, -0.2) is 37.5 Å². The first-order valence-electron chi connectivity index (χ1n) is 10.4. The molecule has 0 saturated heterocycles. The van der Waals surface area contributed by atoms with Gasteiger partial charge in [-0.1, -0.05) is 23.7 Å². The highest BCUT2D eigenvalue weighted by molar-refractivity contribution is 6.30. The predicted octanol–water partition coefficient (Wildman–Crippen LogP) is 3.89. The Morgan fingerprint density at radius 1 is 1.09 bits per heavy atom. The molecule has 2 aromatic heterocycles. The third-order valence-electron chi connectivity index (χ3n) is 5.55. The molecule has 2 amide bonds. The third kappa shape index (κ3) is 3.85. The molecule has 1 aliphatic rings. The Bertz CT molecular complexity index is 1270. The van der Waals surface area contributed by atoms with E-state index in [0.29, 0.717) is 23.2 Å². The summed E-state index contributed by atoms with van der Waals surface area (Å²) in [6.45, 7) is 1.25. The third-order valence-corrected chi connectivity index (χ3v) is 5.80. The minimum Gasteiger partial charge on any atom is -0.337 e. The SMILES string of the molecule is O=C(C[C@H]1C(=O)N(CCCn2ccnc2)c2nc3ccccc3n21)Nc1ccc(Cl)cc1. The zero-order valence-electron chi connectivity index (χ0n) is 17.2. The Balaban J connectivity index is 1.38. The number of imidazole rings is 2. The van der Waals surface area contributed by atoms with E-state index >= 15 is 0 Å². The number of nitrogens with one attached hydrogen (secondary N) is 1. The van der Waals surface area contributed by atoms with Crippen LogP contribution in [0.2, 0.25) is 5.02 Å². The Labute approximate surface area is 189 Å². The van der Waals surface area contributed by atoms with Gasteiger partial charge in [-0.15, -0.1) is 0 Å². The predicted molar refractivity (Wildman–Crippen MR) is 123 cm³/mol. The van der Waals surface area contributed by atoms with Gasteiger partial charge in [0.05, 0.1) is 23.8 Å². The van der Waals surface area contributed by atoms with Gasteiger partial charge < -0.3 is 9.88 Å². The Hall–Kier alpha value is -3.65. The first kappa shape index (κ1) is 20.3. The molecule has 0 aliphatic carbocycles. The van der Waals surface area contributed by atoms with E-state index < -0.39 is 6.04 Å². The molecular weight excluding hydrogens is 428 g/mol. The normalized spacial score (nSPS) is 15.3. The molecule has 0 fully saturated rings. The summed E-state index contributed by atoms with van der Waals surface area (Å²) in [5.41, 5.74) is 2.28. The number of carbonyl (C=O) groups excluding carboxylic acids is 2. The number of nitrogens with zero attached hydrogens (tertiary/aromatic N) is 5. The molecule has 0 saturated carbocycles. The summed E-state index contributed by atoms with van der Waals surface area (Å²) >= 11 is 5.92. The van der Waals surface area contributed by atoms with Crippen molar-refractivity contribution in [2.24, 2.45) is 0 Å². The van der Waals surface area contributed by atoms with Gasteiger partial charge in [-0.3, -0.25) is 19.1 Å². The number of aromatic nitrogens is 4. The van der Waals surface area contributed by atoms with Crippen molar-refractivity contribution in [1.82, 2.24) is 19.1 Å². The number of para-hydroxylation sites is 2. The zero-order chi connectivity index (χ0) is 22.1. The summed E-state index contributed by atoms with van der Waals surface area (Å²) in [6.07, 6.45) is 6.15. The number of halogens is 1. The van der Waals surface area contributed by atoms with Crippen LogP contribution in [0.15, 0.2) is 67.3 Å². The molecule has 0 unspecified atom stereocenters. The maximum absolute atomic E-state index is 13.3. The lowest BCUT2D eigenvalue weighted by atomic mass is 10.1. The van der Waals surface area contributed by atoms with Crippen molar-refractivity contribution >= 4 is 46.1 Å². The van der Waals surface area contributed by atoms with Crippen molar-refractivity contribution in [2.75, 3.05) is 16.8 Å². The van der Waals surface area contributed by atoms with Gasteiger partial charge >= 0.3 is 0 Å². The van der Waals surface area contributed by atoms with Crippen LogP contribution < -0.4 is 10.2 Å². The number of aryl methyl sites for hydroxylation is 1. The van der Waals surface area contributed by atoms with Crippen LogP contribution in [0.3, 0.4) is 0 Å². The van der Waals surface area contributed by atoms with Crippen molar-refractivity contribution in [3.63, 3.8) is 0 Å². The lowest BCUT2D eigenvalue weighted by Gasteiger charge is -2.16. The molecule has 0 spiro atoms. The molecule has 32 heavy (non-hydrogen) atoms. The second-order valence-electron chi connectivity index (χ2n) is 7.69. The number of carbonyl (C=O) groups is 2. The zero-order valence-corrected chi connectivity index (χ0v) is 17.9. The molecule has 8 nitrogen and oxygen atoms in total. The Morgan fingerprint density at radius 2 is 1.91 bits per heavy atom. The van der Waals surface area contributed by atoms with Crippen LogP contribution in [0.4, 0.5) is 11.6 Å². The Morgan fingerprint density at radius 3 is 2.69 bits per heavy atom. The second-order valence-corrected chi connectivity index (χ2v) is 8.13. The lowest BCUT2D eigenvalue weighted by Crippen LogP contribution is -2.32.